The van der Waals surface area contributed by atoms with Crippen LogP contribution in [0, 0.1) is 0 Å². The van der Waals surface area contributed by atoms with Gasteiger partial charge in [-0.15, -0.1) is 12.4 Å². The van der Waals surface area contributed by atoms with Gasteiger partial charge in [-0.25, -0.2) is 0 Å². The maximum atomic E-state index is 5.82. The zero-order valence-electron chi connectivity index (χ0n) is 8.14. The fourth-order valence-electron chi connectivity index (χ4n) is 1.41. The van der Waals surface area contributed by atoms with Gasteiger partial charge in [0, 0.05) is 23.4 Å². The lowest BCUT2D eigenvalue weighted by molar-refractivity contribution is 0.521. The average molecular weight is 225 g/mol. The lowest BCUT2D eigenvalue weighted by Gasteiger charge is -2.06. The smallest absolute Gasteiger partial charge is 0.108 e. The van der Waals surface area contributed by atoms with Crippen LogP contribution in [0.2, 0.25) is 0 Å². The van der Waals surface area contributed by atoms with E-state index in [4.69, 9.17) is 15.9 Å². The third-order valence-electron chi connectivity index (χ3n) is 2.18. The Bertz CT molecular complexity index is 406. The number of benzene rings is 1. The summed E-state index contributed by atoms with van der Waals surface area (Å²) in [5.41, 5.74) is 14.0. The zero-order valence-corrected chi connectivity index (χ0v) is 8.96. The van der Waals surface area contributed by atoms with E-state index in [2.05, 4.69) is 0 Å². The Morgan fingerprint density at radius 2 is 1.67 bits per heavy atom. The molecule has 0 amide bonds. The van der Waals surface area contributed by atoms with Crippen LogP contribution in [0.25, 0.3) is 0 Å². The van der Waals surface area contributed by atoms with Gasteiger partial charge in [0.1, 0.15) is 5.76 Å². The van der Waals surface area contributed by atoms with E-state index in [0.717, 1.165) is 11.3 Å². The lowest BCUT2D eigenvalue weighted by Crippen LogP contribution is -2.00. The average Bonchev–Trinajstić information content (AvgIpc) is 2.64. The molecule has 4 heteroatoms. The molecular weight excluding hydrogens is 212 g/mol. The summed E-state index contributed by atoms with van der Waals surface area (Å²) in [7, 11) is 0. The first kappa shape index (κ1) is 11.5. The molecule has 0 aliphatic carbocycles. The number of nitrogens with two attached hydrogens (primary N) is 2. The van der Waals surface area contributed by atoms with E-state index in [9.17, 15) is 0 Å². The molecule has 0 aliphatic rings. The summed E-state index contributed by atoms with van der Waals surface area (Å²) in [5, 5.41) is 0. The van der Waals surface area contributed by atoms with E-state index in [0.29, 0.717) is 17.8 Å². The van der Waals surface area contributed by atoms with E-state index in [1.807, 2.05) is 30.3 Å². The maximum absolute atomic E-state index is 5.82. The molecule has 0 spiro atoms. The molecule has 80 valence electrons. The fourth-order valence-corrected chi connectivity index (χ4v) is 1.41. The highest BCUT2D eigenvalue weighted by Gasteiger charge is 2.05. The second-order valence-corrected chi connectivity index (χ2v) is 3.17. The summed E-state index contributed by atoms with van der Waals surface area (Å²) >= 11 is 0. The highest BCUT2D eigenvalue weighted by atomic mass is 35.5. The monoisotopic (exact) mass is 224 g/mol. The van der Waals surface area contributed by atoms with Crippen LogP contribution in [0.5, 0.6) is 0 Å². The second kappa shape index (κ2) is 4.75. The normalized spacial score (nSPS) is 9.60. The molecule has 2 aromatic rings. The molecule has 1 aromatic carbocycles. The molecule has 2 rings (SSSR count). The topological polar surface area (TPSA) is 65.2 Å². The van der Waals surface area contributed by atoms with Crippen molar-refractivity contribution in [2.45, 2.75) is 6.42 Å². The van der Waals surface area contributed by atoms with Gasteiger partial charge in [-0.3, -0.25) is 0 Å². The fraction of sp³-hybridized carbons (Fsp3) is 0.0909. The molecule has 15 heavy (non-hydrogen) atoms. The number of furan rings is 1. The molecule has 0 bridgehead atoms. The summed E-state index contributed by atoms with van der Waals surface area (Å²) < 4.78 is 5.24. The van der Waals surface area contributed by atoms with Crippen LogP contribution in [-0.2, 0) is 6.42 Å². The zero-order chi connectivity index (χ0) is 9.97. The van der Waals surface area contributed by atoms with Gasteiger partial charge >= 0.3 is 0 Å². The Morgan fingerprint density at radius 1 is 1.00 bits per heavy atom. The molecule has 0 unspecified atom stereocenters. The van der Waals surface area contributed by atoms with Crippen molar-refractivity contribution < 1.29 is 4.42 Å². The predicted octanol–water partition coefficient (Wildman–Crippen LogP) is 2.46. The van der Waals surface area contributed by atoms with Crippen molar-refractivity contribution in [1.29, 1.82) is 0 Å². The number of nitrogen functional groups attached to an aromatic ring is 2. The van der Waals surface area contributed by atoms with E-state index >= 15 is 0 Å². The van der Waals surface area contributed by atoms with Gasteiger partial charge in [0.25, 0.3) is 0 Å². The number of hydrogen-bond acceptors (Lipinski definition) is 3. The van der Waals surface area contributed by atoms with Gasteiger partial charge in [0.05, 0.1) is 6.26 Å². The van der Waals surface area contributed by atoms with Crippen molar-refractivity contribution in [3.05, 3.63) is 47.9 Å². The van der Waals surface area contributed by atoms with Crippen molar-refractivity contribution in [2.75, 3.05) is 11.5 Å². The minimum Gasteiger partial charge on any atom is -0.469 e. The van der Waals surface area contributed by atoms with Gasteiger partial charge in [0.2, 0.25) is 0 Å². The van der Waals surface area contributed by atoms with Crippen molar-refractivity contribution in [3.63, 3.8) is 0 Å². The number of anilines is 2. The Morgan fingerprint density at radius 3 is 2.20 bits per heavy atom. The number of hydrogen-bond donors (Lipinski definition) is 2. The van der Waals surface area contributed by atoms with Crippen LogP contribution in [0.3, 0.4) is 0 Å². The highest BCUT2D eigenvalue weighted by Crippen LogP contribution is 2.22. The van der Waals surface area contributed by atoms with Crippen LogP contribution >= 0.6 is 12.4 Å². The maximum Gasteiger partial charge on any atom is 0.108 e. The van der Waals surface area contributed by atoms with Gasteiger partial charge < -0.3 is 15.9 Å². The molecule has 0 saturated heterocycles. The molecule has 0 saturated carbocycles. The highest BCUT2D eigenvalue weighted by molar-refractivity contribution is 5.85. The molecule has 3 nitrogen and oxygen atoms in total. The Balaban J connectivity index is 0.00000112. The molecule has 4 N–H and O–H groups in total. The largest absolute Gasteiger partial charge is 0.469 e. The third-order valence-corrected chi connectivity index (χ3v) is 2.18. The van der Waals surface area contributed by atoms with Crippen molar-refractivity contribution in [3.8, 4) is 0 Å². The van der Waals surface area contributed by atoms with Crippen molar-refractivity contribution in [2.24, 2.45) is 0 Å². The first-order valence-electron chi connectivity index (χ1n) is 4.42. The predicted molar refractivity (Wildman–Crippen MR) is 64.0 cm³/mol. The van der Waals surface area contributed by atoms with Gasteiger partial charge in [-0.2, -0.15) is 0 Å². The molecular formula is C11H13ClN2O. The molecule has 0 atom stereocenters. The molecule has 0 aliphatic heterocycles. The Kier molecular flexibility index (Phi) is 3.63. The molecule has 0 fully saturated rings. The standard InChI is InChI=1S/C11H12N2O.ClH/c12-10-4-1-5-11(13)9(10)7-8-3-2-6-14-8;/h1-6H,7,12-13H2;1H. The van der Waals surface area contributed by atoms with E-state index in [1.54, 1.807) is 6.26 Å². The van der Waals surface area contributed by atoms with Crippen LogP contribution in [-0.4, -0.2) is 0 Å². The first-order chi connectivity index (χ1) is 6.77. The summed E-state index contributed by atoms with van der Waals surface area (Å²) in [4.78, 5) is 0. The number of halogens is 1. The van der Waals surface area contributed by atoms with E-state index in [1.165, 1.54) is 0 Å². The van der Waals surface area contributed by atoms with Gasteiger partial charge in [-0.05, 0) is 24.3 Å². The van der Waals surface area contributed by atoms with Crippen molar-refractivity contribution in [1.82, 2.24) is 0 Å². The lowest BCUT2D eigenvalue weighted by atomic mass is 10.1. The van der Waals surface area contributed by atoms with Crippen LogP contribution < -0.4 is 11.5 Å². The molecule has 1 heterocycles. The molecule has 1 aromatic heterocycles. The van der Waals surface area contributed by atoms with Crippen LogP contribution in [0.1, 0.15) is 11.3 Å². The van der Waals surface area contributed by atoms with E-state index in [-0.39, 0.29) is 12.4 Å². The van der Waals surface area contributed by atoms with Gasteiger partial charge in [0.15, 0.2) is 0 Å². The van der Waals surface area contributed by atoms with Crippen molar-refractivity contribution >= 4 is 23.8 Å². The third kappa shape index (κ3) is 2.44. The Hall–Kier alpha value is -1.61. The number of rotatable bonds is 2. The minimum atomic E-state index is 0. The first-order valence-corrected chi connectivity index (χ1v) is 4.42. The summed E-state index contributed by atoms with van der Waals surface area (Å²) in [5.74, 6) is 0.870. The Labute approximate surface area is 94.5 Å². The molecule has 0 radical (unpaired) electrons. The van der Waals surface area contributed by atoms with Crippen LogP contribution in [0.15, 0.2) is 41.0 Å². The summed E-state index contributed by atoms with van der Waals surface area (Å²) in [6.07, 6.45) is 2.29. The quantitative estimate of drug-likeness (QED) is 0.771. The second-order valence-electron chi connectivity index (χ2n) is 3.17. The van der Waals surface area contributed by atoms with Crippen LogP contribution in [0.4, 0.5) is 11.4 Å². The van der Waals surface area contributed by atoms with E-state index < -0.39 is 0 Å². The van der Waals surface area contributed by atoms with Gasteiger partial charge in [-0.1, -0.05) is 6.07 Å². The summed E-state index contributed by atoms with van der Waals surface area (Å²) in [6.45, 7) is 0. The SMILES string of the molecule is Cl.Nc1cccc(N)c1Cc1ccco1. The minimum absolute atomic E-state index is 0. The summed E-state index contributed by atoms with van der Waals surface area (Å²) in [6, 6.07) is 9.29.